The molecule has 0 unspecified atom stereocenters. The molecule has 122 valence electrons. The molecule has 0 saturated carbocycles. The molecule has 4 nitrogen and oxygen atoms in total. The van der Waals surface area contributed by atoms with Crippen LogP contribution in [0.25, 0.3) is 0 Å². The largest absolute Gasteiger partial charge is 0.379 e. The maximum atomic E-state index is 13.0. The summed E-state index contributed by atoms with van der Waals surface area (Å²) in [5.74, 6) is -0.514. The first-order valence-corrected chi connectivity index (χ1v) is 7.78. The van der Waals surface area contributed by atoms with Gasteiger partial charge in [0, 0.05) is 25.7 Å². The molecule has 1 amide bonds. The van der Waals surface area contributed by atoms with Crippen molar-refractivity contribution in [1.29, 1.82) is 0 Å². The Hall–Kier alpha value is -1.46. The molecule has 1 fully saturated rings. The topological polar surface area (TPSA) is 43.8 Å². The average Bonchev–Trinajstić information content (AvgIpc) is 2.46. The zero-order valence-electron chi connectivity index (χ0n) is 13.6. The van der Waals surface area contributed by atoms with E-state index in [1.807, 2.05) is 25.8 Å². The standard InChI is InChI=1S/C17H25FN2O2/c1-13(2)19(3)12-17(22)9-4-10-20(16(17)21)11-14-5-7-15(18)8-6-14/h5-8,13,22H,4,9-12H2,1-3H3/t17-/m0/s1. The van der Waals surface area contributed by atoms with Gasteiger partial charge in [0.2, 0.25) is 0 Å². The number of amides is 1. The Labute approximate surface area is 131 Å². The summed E-state index contributed by atoms with van der Waals surface area (Å²) in [6, 6.07) is 6.40. The zero-order chi connectivity index (χ0) is 16.3. The molecule has 1 saturated heterocycles. The van der Waals surface area contributed by atoms with Crippen molar-refractivity contribution in [2.75, 3.05) is 20.1 Å². The Kier molecular flexibility index (Phi) is 5.19. The normalized spacial score (nSPS) is 22.7. The molecule has 0 aromatic heterocycles. The number of rotatable bonds is 5. The van der Waals surface area contributed by atoms with Crippen LogP contribution in [-0.2, 0) is 11.3 Å². The van der Waals surface area contributed by atoms with Gasteiger partial charge in [-0.25, -0.2) is 4.39 Å². The minimum Gasteiger partial charge on any atom is -0.379 e. The molecule has 1 aliphatic rings. The molecule has 1 aromatic carbocycles. The summed E-state index contributed by atoms with van der Waals surface area (Å²) in [6.45, 7) is 5.44. The third-order valence-electron chi connectivity index (χ3n) is 4.38. The molecule has 1 aromatic rings. The number of benzene rings is 1. The molecule has 0 radical (unpaired) electrons. The number of likely N-dealkylation sites (N-methyl/N-ethyl adjacent to an activating group) is 1. The van der Waals surface area contributed by atoms with E-state index < -0.39 is 5.60 Å². The number of carbonyl (C=O) groups is 1. The van der Waals surface area contributed by atoms with Crippen LogP contribution in [0.5, 0.6) is 0 Å². The van der Waals surface area contributed by atoms with Crippen molar-refractivity contribution in [2.45, 2.75) is 44.9 Å². The van der Waals surface area contributed by atoms with Gasteiger partial charge in [0.15, 0.2) is 5.60 Å². The second-order valence-electron chi connectivity index (χ2n) is 6.50. The molecule has 1 N–H and O–H groups in total. The number of piperidine rings is 1. The smallest absolute Gasteiger partial charge is 0.256 e. The van der Waals surface area contributed by atoms with E-state index in [2.05, 4.69) is 0 Å². The molecule has 2 rings (SSSR count). The van der Waals surface area contributed by atoms with E-state index in [0.29, 0.717) is 26.1 Å². The first-order chi connectivity index (χ1) is 10.3. The van der Waals surface area contributed by atoms with Crippen LogP contribution in [0.1, 0.15) is 32.3 Å². The van der Waals surface area contributed by atoms with Gasteiger partial charge in [0.1, 0.15) is 5.82 Å². The van der Waals surface area contributed by atoms with Crippen LogP contribution in [0.4, 0.5) is 4.39 Å². The summed E-state index contributed by atoms with van der Waals surface area (Å²) in [5.41, 5.74) is -0.451. The van der Waals surface area contributed by atoms with E-state index in [0.717, 1.165) is 12.0 Å². The third kappa shape index (κ3) is 3.84. The molecule has 22 heavy (non-hydrogen) atoms. The van der Waals surface area contributed by atoms with Gasteiger partial charge in [-0.2, -0.15) is 0 Å². The predicted octanol–water partition coefficient (Wildman–Crippen LogP) is 2.02. The van der Waals surface area contributed by atoms with Crippen molar-refractivity contribution in [2.24, 2.45) is 0 Å². The Morgan fingerprint density at radius 3 is 2.59 bits per heavy atom. The molecule has 1 aliphatic heterocycles. The van der Waals surface area contributed by atoms with Crippen LogP contribution in [0.15, 0.2) is 24.3 Å². The number of nitrogens with zero attached hydrogens (tertiary/aromatic N) is 2. The highest BCUT2D eigenvalue weighted by Crippen LogP contribution is 2.25. The van der Waals surface area contributed by atoms with E-state index in [-0.39, 0.29) is 17.8 Å². The van der Waals surface area contributed by atoms with Crippen molar-refractivity contribution in [3.8, 4) is 0 Å². The van der Waals surface area contributed by atoms with Gasteiger partial charge in [-0.3, -0.25) is 4.79 Å². The number of halogens is 1. The first-order valence-electron chi connectivity index (χ1n) is 7.78. The molecule has 5 heteroatoms. The van der Waals surface area contributed by atoms with Gasteiger partial charge in [-0.1, -0.05) is 12.1 Å². The van der Waals surface area contributed by atoms with Crippen LogP contribution in [0, 0.1) is 5.82 Å². The maximum Gasteiger partial charge on any atom is 0.256 e. The highest BCUT2D eigenvalue weighted by atomic mass is 19.1. The molecule has 0 bridgehead atoms. The Morgan fingerprint density at radius 1 is 1.36 bits per heavy atom. The number of likely N-dealkylation sites (tertiary alicyclic amines) is 1. The number of hydrogen-bond acceptors (Lipinski definition) is 3. The SMILES string of the molecule is CC(C)N(C)C[C@@]1(O)CCCN(Cc2ccc(F)cc2)C1=O. The fourth-order valence-corrected chi connectivity index (χ4v) is 2.77. The number of aliphatic hydroxyl groups is 1. The zero-order valence-corrected chi connectivity index (χ0v) is 13.6. The summed E-state index contributed by atoms with van der Waals surface area (Å²) in [7, 11) is 1.91. The van der Waals surface area contributed by atoms with Crippen molar-refractivity contribution in [3.05, 3.63) is 35.6 Å². The first kappa shape index (κ1) is 16.9. The summed E-state index contributed by atoms with van der Waals surface area (Å²) < 4.78 is 13.0. The van der Waals surface area contributed by atoms with E-state index in [4.69, 9.17) is 0 Å². The second-order valence-corrected chi connectivity index (χ2v) is 6.50. The molecule has 1 atom stereocenters. The minimum absolute atomic E-state index is 0.226. The molecular formula is C17H25FN2O2. The minimum atomic E-state index is -1.32. The maximum absolute atomic E-state index is 13.0. The van der Waals surface area contributed by atoms with E-state index in [1.165, 1.54) is 12.1 Å². The number of carbonyl (C=O) groups excluding carboxylic acids is 1. The lowest BCUT2D eigenvalue weighted by Crippen LogP contribution is -2.58. The average molecular weight is 308 g/mol. The quantitative estimate of drug-likeness (QED) is 0.905. The lowest BCUT2D eigenvalue weighted by Gasteiger charge is -2.41. The van der Waals surface area contributed by atoms with Crippen LogP contribution >= 0.6 is 0 Å². The molecular weight excluding hydrogens is 283 g/mol. The van der Waals surface area contributed by atoms with Crippen LogP contribution < -0.4 is 0 Å². The second kappa shape index (κ2) is 6.75. The Balaban J connectivity index is 2.07. The molecule has 0 aliphatic carbocycles. The van der Waals surface area contributed by atoms with E-state index >= 15 is 0 Å². The van der Waals surface area contributed by atoms with Gasteiger partial charge in [0.05, 0.1) is 0 Å². The van der Waals surface area contributed by atoms with Gasteiger partial charge in [-0.05, 0) is 51.4 Å². The Morgan fingerprint density at radius 2 is 2.00 bits per heavy atom. The van der Waals surface area contributed by atoms with Gasteiger partial charge in [0.25, 0.3) is 5.91 Å². The van der Waals surface area contributed by atoms with Gasteiger partial charge < -0.3 is 14.9 Å². The number of hydrogen-bond donors (Lipinski definition) is 1. The summed E-state index contributed by atoms with van der Waals surface area (Å²) in [5, 5.41) is 10.8. The highest BCUT2D eigenvalue weighted by molar-refractivity contribution is 5.86. The fraction of sp³-hybridized carbons (Fsp3) is 0.588. The van der Waals surface area contributed by atoms with Crippen LogP contribution in [0.2, 0.25) is 0 Å². The van der Waals surface area contributed by atoms with Crippen molar-refractivity contribution in [1.82, 2.24) is 9.80 Å². The van der Waals surface area contributed by atoms with Crippen molar-refractivity contribution >= 4 is 5.91 Å². The highest BCUT2D eigenvalue weighted by Gasteiger charge is 2.43. The van der Waals surface area contributed by atoms with E-state index in [9.17, 15) is 14.3 Å². The summed E-state index contributed by atoms with van der Waals surface area (Å²) in [6.07, 6.45) is 1.26. The lowest BCUT2D eigenvalue weighted by molar-refractivity contribution is -0.160. The monoisotopic (exact) mass is 308 g/mol. The summed E-state index contributed by atoms with van der Waals surface area (Å²) >= 11 is 0. The van der Waals surface area contributed by atoms with Gasteiger partial charge >= 0.3 is 0 Å². The van der Waals surface area contributed by atoms with E-state index in [1.54, 1.807) is 17.0 Å². The Bertz CT molecular complexity index is 518. The molecule has 0 spiro atoms. The fourth-order valence-electron chi connectivity index (χ4n) is 2.77. The van der Waals surface area contributed by atoms with Crippen molar-refractivity contribution < 1.29 is 14.3 Å². The summed E-state index contributed by atoms with van der Waals surface area (Å²) in [4.78, 5) is 16.3. The predicted molar refractivity (Wildman–Crippen MR) is 83.8 cm³/mol. The van der Waals surface area contributed by atoms with Crippen molar-refractivity contribution in [3.63, 3.8) is 0 Å². The third-order valence-corrected chi connectivity index (χ3v) is 4.38. The van der Waals surface area contributed by atoms with Crippen LogP contribution in [0.3, 0.4) is 0 Å². The lowest BCUT2D eigenvalue weighted by atomic mass is 9.90. The van der Waals surface area contributed by atoms with Crippen LogP contribution in [-0.4, -0.2) is 52.6 Å². The molecule has 1 heterocycles. The van der Waals surface area contributed by atoms with Gasteiger partial charge in [-0.15, -0.1) is 0 Å².